The smallest absolute Gasteiger partial charge is 0.159 e. The Morgan fingerprint density at radius 3 is 2.80 bits per heavy atom. The van der Waals surface area contributed by atoms with Crippen LogP contribution in [0, 0.1) is 0 Å². The third kappa shape index (κ3) is 3.53. The lowest BCUT2D eigenvalue weighted by molar-refractivity contribution is -0.0504. The Labute approximate surface area is 102 Å². The molecular formula is C10H14BrNO2S. The van der Waals surface area contributed by atoms with Crippen molar-refractivity contribution in [3.63, 3.8) is 0 Å². The van der Waals surface area contributed by atoms with Gasteiger partial charge in [-0.1, -0.05) is 0 Å². The molecule has 15 heavy (non-hydrogen) atoms. The van der Waals surface area contributed by atoms with Crippen LogP contribution in [0.15, 0.2) is 15.9 Å². The van der Waals surface area contributed by atoms with E-state index in [1.165, 1.54) is 4.88 Å². The van der Waals surface area contributed by atoms with Crippen molar-refractivity contribution in [1.82, 2.24) is 0 Å². The van der Waals surface area contributed by atoms with Crippen LogP contribution in [0.3, 0.4) is 0 Å². The van der Waals surface area contributed by atoms with Gasteiger partial charge in [-0.25, -0.2) is 0 Å². The monoisotopic (exact) mass is 291 g/mol. The summed E-state index contributed by atoms with van der Waals surface area (Å²) in [5.41, 5.74) is 6.03. The van der Waals surface area contributed by atoms with Crippen molar-refractivity contribution in [2.45, 2.75) is 25.2 Å². The average molecular weight is 292 g/mol. The molecule has 1 aromatic rings. The Morgan fingerprint density at radius 1 is 1.47 bits per heavy atom. The Bertz CT molecular complexity index is 312. The van der Waals surface area contributed by atoms with Crippen LogP contribution in [-0.4, -0.2) is 25.5 Å². The molecule has 1 unspecified atom stereocenters. The zero-order chi connectivity index (χ0) is 10.7. The van der Waals surface area contributed by atoms with Crippen LogP contribution in [-0.2, 0) is 15.9 Å². The maximum absolute atomic E-state index is 6.03. The molecule has 0 amide bonds. The summed E-state index contributed by atoms with van der Waals surface area (Å²) in [5.74, 6) is 0. The lowest BCUT2D eigenvalue weighted by Gasteiger charge is -2.14. The molecule has 2 rings (SSSR count). The summed E-state index contributed by atoms with van der Waals surface area (Å²) in [5, 5.41) is 0. The van der Waals surface area contributed by atoms with Gasteiger partial charge in [-0.2, -0.15) is 0 Å². The normalized spacial score (nSPS) is 19.6. The molecule has 1 aromatic heterocycles. The van der Waals surface area contributed by atoms with Gasteiger partial charge in [-0.05, 0) is 34.5 Å². The van der Waals surface area contributed by atoms with Crippen molar-refractivity contribution in [1.29, 1.82) is 0 Å². The number of ether oxygens (including phenoxy) is 2. The molecular weight excluding hydrogens is 278 g/mol. The molecule has 1 atom stereocenters. The van der Waals surface area contributed by atoms with Gasteiger partial charge in [-0.15, -0.1) is 11.3 Å². The predicted molar refractivity (Wildman–Crippen MR) is 64.0 cm³/mol. The number of thiophene rings is 1. The summed E-state index contributed by atoms with van der Waals surface area (Å²) in [6.45, 7) is 1.39. The van der Waals surface area contributed by atoms with Gasteiger partial charge >= 0.3 is 0 Å². The van der Waals surface area contributed by atoms with Crippen LogP contribution in [0.4, 0.5) is 0 Å². The highest BCUT2D eigenvalue weighted by Crippen LogP contribution is 2.23. The number of halogens is 1. The minimum Gasteiger partial charge on any atom is -0.350 e. The van der Waals surface area contributed by atoms with E-state index in [1.807, 2.05) is 0 Å². The van der Waals surface area contributed by atoms with E-state index in [2.05, 4.69) is 28.1 Å². The molecule has 5 heteroatoms. The maximum atomic E-state index is 6.03. The van der Waals surface area contributed by atoms with E-state index >= 15 is 0 Å². The molecule has 1 fully saturated rings. The van der Waals surface area contributed by atoms with Gasteiger partial charge in [0, 0.05) is 17.3 Å². The van der Waals surface area contributed by atoms with E-state index in [9.17, 15) is 0 Å². The van der Waals surface area contributed by atoms with Gasteiger partial charge in [0.1, 0.15) is 0 Å². The highest BCUT2D eigenvalue weighted by Gasteiger charge is 2.19. The van der Waals surface area contributed by atoms with Crippen molar-refractivity contribution in [3.8, 4) is 0 Å². The first-order valence-corrected chi connectivity index (χ1v) is 6.58. The molecule has 0 aromatic carbocycles. The van der Waals surface area contributed by atoms with Gasteiger partial charge in [0.05, 0.1) is 17.0 Å². The number of rotatable bonds is 4. The zero-order valence-corrected chi connectivity index (χ0v) is 10.7. The Kier molecular flexibility index (Phi) is 4.16. The summed E-state index contributed by atoms with van der Waals surface area (Å²) >= 11 is 5.17. The van der Waals surface area contributed by atoms with Crippen LogP contribution in [0.2, 0.25) is 0 Å². The van der Waals surface area contributed by atoms with E-state index in [-0.39, 0.29) is 12.3 Å². The second-order valence-electron chi connectivity index (χ2n) is 3.58. The largest absolute Gasteiger partial charge is 0.350 e. The van der Waals surface area contributed by atoms with Crippen LogP contribution < -0.4 is 5.73 Å². The number of nitrogens with two attached hydrogens (primary N) is 1. The van der Waals surface area contributed by atoms with Gasteiger partial charge in [-0.3, -0.25) is 0 Å². The Morgan fingerprint density at radius 2 is 2.20 bits per heavy atom. The highest BCUT2D eigenvalue weighted by atomic mass is 79.9. The minimum absolute atomic E-state index is 0.0941. The number of hydrogen-bond acceptors (Lipinski definition) is 4. The minimum atomic E-state index is -0.0941. The summed E-state index contributed by atoms with van der Waals surface area (Å²) in [6.07, 6.45) is 1.57. The molecule has 84 valence electrons. The van der Waals surface area contributed by atoms with Gasteiger partial charge in [0.25, 0.3) is 0 Å². The second-order valence-corrected chi connectivity index (χ2v) is 6.12. The van der Waals surface area contributed by atoms with E-state index in [4.69, 9.17) is 15.2 Å². The van der Waals surface area contributed by atoms with Crippen molar-refractivity contribution in [2.24, 2.45) is 5.73 Å². The second kappa shape index (κ2) is 5.41. The fourth-order valence-electron chi connectivity index (χ4n) is 1.59. The van der Waals surface area contributed by atoms with Crippen molar-refractivity contribution < 1.29 is 9.47 Å². The summed E-state index contributed by atoms with van der Waals surface area (Å²) < 4.78 is 11.9. The van der Waals surface area contributed by atoms with E-state index in [0.717, 1.165) is 16.6 Å². The van der Waals surface area contributed by atoms with Crippen LogP contribution >= 0.6 is 27.3 Å². The molecule has 1 saturated heterocycles. The molecule has 1 aliphatic rings. The standard InChI is InChI=1S/C10H14BrNO2S/c11-9-2-1-8(15-9)5-7(12)6-10-13-3-4-14-10/h1-2,7,10H,3-6,12H2. The topological polar surface area (TPSA) is 44.5 Å². The quantitative estimate of drug-likeness (QED) is 0.924. The summed E-state index contributed by atoms with van der Waals surface area (Å²) in [7, 11) is 0. The molecule has 0 bridgehead atoms. The van der Waals surface area contributed by atoms with Crippen LogP contribution in [0.25, 0.3) is 0 Å². The molecule has 0 aliphatic carbocycles. The summed E-state index contributed by atoms with van der Waals surface area (Å²) in [4.78, 5) is 1.30. The van der Waals surface area contributed by atoms with Crippen molar-refractivity contribution >= 4 is 27.3 Å². The van der Waals surface area contributed by atoms with Gasteiger partial charge in [0.2, 0.25) is 0 Å². The lowest BCUT2D eigenvalue weighted by atomic mass is 10.1. The fraction of sp³-hybridized carbons (Fsp3) is 0.600. The van der Waals surface area contributed by atoms with Gasteiger partial charge in [0.15, 0.2) is 6.29 Å². The van der Waals surface area contributed by atoms with Crippen molar-refractivity contribution in [2.75, 3.05) is 13.2 Å². The first-order valence-electron chi connectivity index (χ1n) is 4.97. The van der Waals surface area contributed by atoms with Gasteiger partial charge < -0.3 is 15.2 Å². The predicted octanol–water partition coefficient (Wildman–Crippen LogP) is 2.14. The first kappa shape index (κ1) is 11.5. The van der Waals surface area contributed by atoms with Crippen molar-refractivity contribution in [3.05, 3.63) is 20.8 Å². The Hall–Kier alpha value is 0.0600. The fourth-order valence-corrected chi connectivity index (χ4v) is 3.17. The molecule has 0 radical (unpaired) electrons. The summed E-state index contributed by atoms with van der Waals surface area (Å²) in [6, 6.07) is 4.26. The molecule has 2 heterocycles. The zero-order valence-electron chi connectivity index (χ0n) is 8.32. The van der Waals surface area contributed by atoms with E-state index in [1.54, 1.807) is 11.3 Å². The molecule has 3 nitrogen and oxygen atoms in total. The third-order valence-corrected chi connectivity index (χ3v) is 3.92. The number of hydrogen-bond donors (Lipinski definition) is 1. The van der Waals surface area contributed by atoms with E-state index in [0.29, 0.717) is 13.2 Å². The van der Waals surface area contributed by atoms with Crippen LogP contribution in [0.1, 0.15) is 11.3 Å². The molecule has 0 saturated carbocycles. The molecule has 1 aliphatic heterocycles. The van der Waals surface area contributed by atoms with Crippen LogP contribution in [0.5, 0.6) is 0 Å². The highest BCUT2D eigenvalue weighted by molar-refractivity contribution is 9.11. The SMILES string of the molecule is NC(Cc1ccc(Br)s1)CC1OCCO1. The average Bonchev–Trinajstić information content (AvgIpc) is 2.77. The molecule has 2 N–H and O–H groups in total. The van der Waals surface area contributed by atoms with E-state index < -0.39 is 0 Å². The maximum Gasteiger partial charge on any atom is 0.159 e. The lowest BCUT2D eigenvalue weighted by Crippen LogP contribution is -2.28. The third-order valence-electron chi connectivity index (χ3n) is 2.28. The molecule has 0 spiro atoms. The Balaban J connectivity index is 1.78. The first-order chi connectivity index (χ1) is 7.24.